The van der Waals surface area contributed by atoms with Crippen molar-refractivity contribution in [2.75, 3.05) is 18.4 Å². The molecule has 2 aliphatic rings. The van der Waals surface area contributed by atoms with Crippen molar-refractivity contribution >= 4 is 17.7 Å². The van der Waals surface area contributed by atoms with E-state index in [1.807, 2.05) is 30.3 Å². The average Bonchev–Trinajstić information content (AvgIpc) is 3.26. The number of H-pyrrole nitrogens is 1. The van der Waals surface area contributed by atoms with Gasteiger partial charge in [-0.05, 0) is 49.8 Å². The standard InChI is InChI=1S/C20H25N5O3/c26-19(27)12-25(11-13-4-5-13)17-9-16(10-17)23-20(28)22-15-3-1-2-14(8-15)18-6-7-21-24-18/h1-3,6-8,13,16-17H,4-5,9-12H2,(H,21,24)(H,26,27)(H2,22,23,28). The summed E-state index contributed by atoms with van der Waals surface area (Å²) in [6, 6.07) is 9.52. The summed E-state index contributed by atoms with van der Waals surface area (Å²) in [6.45, 7) is 0.941. The van der Waals surface area contributed by atoms with Crippen LogP contribution >= 0.6 is 0 Å². The Bertz CT molecular complexity index is 828. The first-order chi connectivity index (χ1) is 13.6. The van der Waals surface area contributed by atoms with E-state index in [2.05, 4.69) is 25.7 Å². The summed E-state index contributed by atoms with van der Waals surface area (Å²) >= 11 is 0. The van der Waals surface area contributed by atoms with Gasteiger partial charge in [-0.3, -0.25) is 14.8 Å². The molecule has 2 fully saturated rings. The van der Waals surface area contributed by atoms with Gasteiger partial charge in [-0.1, -0.05) is 12.1 Å². The van der Waals surface area contributed by atoms with Crippen LogP contribution in [0.25, 0.3) is 11.3 Å². The van der Waals surface area contributed by atoms with Gasteiger partial charge >= 0.3 is 12.0 Å². The quantitative estimate of drug-likeness (QED) is 0.560. The van der Waals surface area contributed by atoms with Crippen LogP contribution in [-0.2, 0) is 4.79 Å². The van der Waals surface area contributed by atoms with Crippen LogP contribution in [0.4, 0.5) is 10.5 Å². The van der Waals surface area contributed by atoms with Gasteiger partial charge in [0.1, 0.15) is 0 Å². The molecule has 148 valence electrons. The van der Waals surface area contributed by atoms with Crippen molar-refractivity contribution in [3.63, 3.8) is 0 Å². The first-order valence-corrected chi connectivity index (χ1v) is 9.70. The molecule has 4 rings (SSSR count). The monoisotopic (exact) mass is 383 g/mol. The number of hydrogen-bond donors (Lipinski definition) is 4. The Morgan fingerprint density at radius 2 is 2.07 bits per heavy atom. The average molecular weight is 383 g/mol. The maximum Gasteiger partial charge on any atom is 0.319 e. The van der Waals surface area contributed by atoms with Crippen molar-refractivity contribution in [3.05, 3.63) is 36.5 Å². The minimum absolute atomic E-state index is 0.0799. The Morgan fingerprint density at radius 3 is 2.75 bits per heavy atom. The van der Waals surface area contributed by atoms with Gasteiger partial charge in [0.05, 0.1) is 12.2 Å². The van der Waals surface area contributed by atoms with Crippen LogP contribution in [0.2, 0.25) is 0 Å². The lowest BCUT2D eigenvalue weighted by Crippen LogP contribution is -2.55. The molecule has 0 spiro atoms. The van der Waals surface area contributed by atoms with E-state index in [-0.39, 0.29) is 24.7 Å². The number of urea groups is 1. The summed E-state index contributed by atoms with van der Waals surface area (Å²) in [5.74, 6) is -0.135. The lowest BCUT2D eigenvalue weighted by atomic mass is 9.85. The summed E-state index contributed by atoms with van der Waals surface area (Å²) in [7, 11) is 0. The van der Waals surface area contributed by atoms with E-state index < -0.39 is 5.97 Å². The molecule has 0 radical (unpaired) electrons. The minimum Gasteiger partial charge on any atom is -0.480 e. The molecule has 2 aromatic rings. The number of nitrogens with one attached hydrogen (secondary N) is 3. The van der Waals surface area contributed by atoms with E-state index in [4.69, 9.17) is 5.11 Å². The first kappa shape index (κ1) is 18.5. The number of benzene rings is 1. The van der Waals surface area contributed by atoms with E-state index in [1.54, 1.807) is 6.20 Å². The fourth-order valence-corrected chi connectivity index (χ4v) is 3.69. The van der Waals surface area contributed by atoms with E-state index in [9.17, 15) is 9.59 Å². The number of amides is 2. The van der Waals surface area contributed by atoms with Crippen LogP contribution < -0.4 is 10.6 Å². The predicted octanol–water partition coefficient (Wildman–Crippen LogP) is 2.53. The maximum absolute atomic E-state index is 12.3. The number of rotatable bonds is 8. The largest absolute Gasteiger partial charge is 0.480 e. The molecule has 8 heteroatoms. The molecule has 1 heterocycles. The smallest absolute Gasteiger partial charge is 0.319 e. The third-order valence-corrected chi connectivity index (χ3v) is 5.42. The summed E-state index contributed by atoms with van der Waals surface area (Å²) in [4.78, 5) is 25.5. The molecule has 0 unspecified atom stereocenters. The number of hydrogen-bond acceptors (Lipinski definition) is 4. The molecular formula is C20H25N5O3. The van der Waals surface area contributed by atoms with Gasteiger partial charge in [-0.15, -0.1) is 0 Å². The number of nitrogens with zero attached hydrogens (tertiary/aromatic N) is 2. The van der Waals surface area contributed by atoms with Crippen LogP contribution in [0.3, 0.4) is 0 Å². The third-order valence-electron chi connectivity index (χ3n) is 5.42. The zero-order valence-corrected chi connectivity index (χ0v) is 15.6. The number of carboxylic acids is 1. The lowest BCUT2D eigenvalue weighted by molar-refractivity contribution is -0.139. The van der Waals surface area contributed by atoms with Gasteiger partial charge < -0.3 is 15.7 Å². The van der Waals surface area contributed by atoms with Crippen LogP contribution in [0.1, 0.15) is 25.7 Å². The Balaban J connectivity index is 1.26. The van der Waals surface area contributed by atoms with E-state index in [0.29, 0.717) is 11.6 Å². The van der Waals surface area contributed by atoms with Crippen LogP contribution in [0, 0.1) is 5.92 Å². The van der Waals surface area contributed by atoms with Crippen molar-refractivity contribution in [1.29, 1.82) is 0 Å². The second kappa shape index (κ2) is 8.02. The number of aromatic nitrogens is 2. The molecule has 1 aromatic heterocycles. The Kier molecular flexibility index (Phi) is 5.29. The number of carbonyl (C=O) groups is 2. The van der Waals surface area contributed by atoms with Crippen LogP contribution in [0.5, 0.6) is 0 Å². The van der Waals surface area contributed by atoms with Crippen molar-refractivity contribution in [3.8, 4) is 11.3 Å². The molecule has 1 aromatic carbocycles. The molecule has 0 saturated heterocycles. The van der Waals surface area contributed by atoms with Crippen LogP contribution in [0.15, 0.2) is 36.5 Å². The number of aliphatic carboxylic acids is 1. The zero-order chi connectivity index (χ0) is 19.5. The highest BCUT2D eigenvalue weighted by Gasteiger charge is 2.37. The summed E-state index contributed by atoms with van der Waals surface area (Å²) in [5.41, 5.74) is 2.55. The Labute approximate surface area is 163 Å². The molecule has 2 aliphatic carbocycles. The molecule has 0 bridgehead atoms. The molecule has 8 nitrogen and oxygen atoms in total. The minimum atomic E-state index is -0.785. The number of carboxylic acid groups (broad SMARTS) is 1. The first-order valence-electron chi connectivity index (χ1n) is 9.70. The predicted molar refractivity (Wildman–Crippen MR) is 105 cm³/mol. The summed E-state index contributed by atoms with van der Waals surface area (Å²) < 4.78 is 0. The fourth-order valence-electron chi connectivity index (χ4n) is 3.69. The van der Waals surface area contributed by atoms with E-state index >= 15 is 0 Å². The van der Waals surface area contributed by atoms with Crippen molar-refractivity contribution in [2.24, 2.45) is 5.92 Å². The Morgan fingerprint density at radius 1 is 1.25 bits per heavy atom. The van der Waals surface area contributed by atoms with Gasteiger partial charge in [0, 0.05) is 36.1 Å². The van der Waals surface area contributed by atoms with Gasteiger partial charge in [0.15, 0.2) is 0 Å². The molecule has 2 amide bonds. The highest BCUT2D eigenvalue weighted by Crippen LogP contribution is 2.33. The zero-order valence-electron chi connectivity index (χ0n) is 15.6. The number of carbonyl (C=O) groups excluding carboxylic acids is 1. The van der Waals surface area contributed by atoms with E-state index in [0.717, 1.165) is 30.6 Å². The third kappa shape index (κ3) is 4.69. The molecule has 0 atom stereocenters. The highest BCUT2D eigenvalue weighted by atomic mass is 16.4. The van der Waals surface area contributed by atoms with Gasteiger partial charge in [-0.2, -0.15) is 5.10 Å². The van der Waals surface area contributed by atoms with Gasteiger partial charge in [0.25, 0.3) is 0 Å². The van der Waals surface area contributed by atoms with Crippen LogP contribution in [-0.4, -0.2) is 57.4 Å². The topological polar surface area (TPSA) is 110 Å². The summed E-state index contributed by atoms with van der Waals surface area (Å²) in [6.07, 6.45) is 5.67. The van der Waals surface area contributed by atoms with Crippen molar-refractivity contribution in [2.45, 2.75) is 37.8 Å². The maximum atomic E-state index is 12.3. The van der Waals surface area contributed by atoms with E-state index in [1.165, 1.54) is 12.8 Å². The van der Waals surface area contributed by atoms with Crippen molar-refractivity contribution < 1.29 is 14.7 Å². The SMILES string of the molecule is O=C(O)CN(CC1CC1)C1CC(NC(=O)Nc2cccc(-c3ccn[nH]3)c2)C1. The highest BCUT2D eigenvalue weighted by molar-refractivity contribution is 5.90. The second-order valence-electron chi connectivity index (χ2n) is 7.74. The number of aromatic amines is 1. The number of anilines is 1. The second-order valence-corrected chi connectivity index (χ2v) is 7.74. The Hall–Kier alpha value is -2.87. The molecule has 0 aliphatic heterocycles. The van der Waals surface area contributed by atoms with Gasteiger partial charge in [0.2, 0.25) is 0 Å². The lowest BCUT2D eigenvalue weighted by Gasteiger charge is -2.42. The summed E-state index contributed by atoms with van der Waals surface area (Å²) in [5, 5.41) is 21.8. The molecular weight excluding hydrogens is 358 g/mol. The molecule has 28 heavy (non-hydrogen) atoms. The normalized spacial score (nSPS) is 21.2. The molecule has 2 saturated carbocycles. The van der Waals surface area contributed by atoms with Gasteiger partial charge in [-0.25, -0.2) is 4.79 Å². The fraction of sp³-hybridized carbons (Fsp3) is 0.450. The molecule has 4 N–H and O–H groups in total. The van der Waals surface area contributed by atoms with Crippen molar-refractivity contribution in [1.82, 2.24) is 20.4 Å².